The Kier molecular flexibility index (Phi) is 3.41. The highest BCUT2D eigenvalue weighted by Gasteiger charge is 2.31. The molecule has 4 rings (SSSR count). The largest absolute Gasteiger partial charge is 0.451 e. The van der Waals surface area contributed by atoms with E-state index in [1.54, 1.807) is 0 Å². The van der Waals surface area contributed by atoms with Gasteiger partial charge in [0.05, 0.1) is 18.8 Å². The van der Waals surface area contributed by atoms with Gasteiger partial charge in [-0.25, -0.2) is 0 Å². The van der Waals surface area contributed by atoms with Gasteiger partial charge in [-0.2, -0.15) is 5.10 Å². The topological polar surface area (TPSA) is 51.3 Å². The summed E-state index contributed by atoms with van der Waals surface area (Å²) in [6, 6.07) is 9.73. The summed E-state index contributed by atoms with van der Waals surface area (Å²) in [7, 11) is 0. The quantitative estimate of drug-likeness (QED) is 0.746. The number of amides is 1. The number of hydrogen-bond donors (Lipinski definition) is 0. The number of carbonyl (C=O) groups is 1. The second kappa shape index (κ2) is 5.57. The normalized spacial score (nSPS) is 18.0. The monoisotopic (exact) mass is 309 g/mol. The molecule has 0 radical (unpaired) electrons. The van der Waals surface area contributed by atoms with Crippen LogP contribution in [-0.2, 0) is 6.54 Å². The predicted molar refractivity (Wildman–Crippen MR) is 87.2 cm³/mol. The van der Waals surface area contributed by atoms with E-state index in [9.17, 15) is 4.79 Å². The Morgan fingerprint density at radius 1 is 1.39 bits per heavy atom. The van der Waals surface area contributed by atoms with E-state index in [0.29, 0.717) is 5.76 Å². The molecule has 1 atom stereocenters. The van der Waals surface area contributed by atoms with Crippen molar-refractivity contribution in [2.45, 2.75) is 32.4 Å². The van der Waals surface area contributed by atoms with E-state index >= 15 is 0 Å². The van der Waals surface area contributed by atoms with Crippen molar-refractivity contribution >= 4 is 16.9 Å². The van der Waals surface area contributed by atoms with Crippen molar-refractivity contribution in [3.8, 4) is 0 Å². The van der Waals surface area contributed by atoms with Crippen LogP contribution in [0.1, 0.15) is 29.0 Å². The number of rotatable bonds is 3. The Morgan fingerprint density at radius 2 is 2.26 bits per heavy atom. The lowest BCUT2D eigenvalue weighted by Crippen LogP contribution is -2.38. The summed E-state index contributed by atoms with van der Waals surface area (Å²) in [5.74, 6) is 0.405. The Morgan fingerprint density at radius 3 is 3.04 bits per heavy atom. The van der Waals surface area contributed by atoms with Crippen LogP contribution < -0.4 is 0 Å². The van der Waals surface area contributed by atoms with Crippen LogP contribution in [0.5, 0.6) is 0 Å². The van der Waals surface area contributed by atoms with Crippen molar-refractivity contribution in [2.24, 2.45) is 0 Å². The molecular weight excluding hydrogens is 290 g/mol. The van der Waals surface area contributed by atoms with Gasteiger partial charge in [-0.1, -0.05) is 18.2 Å². The lowest BCUT2D eigenvalue weighted by atomic mass is 10.2. The van der Waals surface area contributed by atoms with Crippen LogP contribution in [0.3, 0.4) is 0 Å². The Balaban J connectivity index is 1.56. The number of nitrogens with zero attached hydrogens (tertiary/aromatic N) is 3. The van der Waals surface area contributed by atoms with E-state index in [1.165, 1.54) is 0 Å². The lowest BCUT2D eigenvalue weighted by molar-refractivity contribution is 0.0691. The van der Waals surface area contributed by atoms with Crippen molar-refractivity contribution < 1.29 is 9.21 Å². The van der Waals surface area contributed by atoms with Crippen LogP contribution in [0.4, 0.5) is 0 Å². The molecule has 1 aliphatic heterocycles. The minimum absolute atomic E-state index is 0.0208. The lowest BCUT2D eigenvalue weighted by Gasteiger charge is -2.23. The maximum atomic E-state index is 12.8. The molecule has 0 N–H and O–H groups in total. The van der Waals surface area contributed by atoms with Crippen LogP contribution in [0.15, 0.2) is 47.1 Å². The number of likely N-dealkylation sites (tertiary alicyclic amines) is 1. The molecule has 0 bridgehead atoms. The third-order valence-corrected chi connectivity index (χ3v) is 4.43. The van der Waals surface area contributed by atoms with Crippen molar-refractivity contribution in [3.63, 3.8) is 0 Å². The number of carbonyl (C=O) groups excluding carboxylic acids is 1. The second-order valence-corrected chi connectivity index (χ2v) is 6.18. The average molecular weight is 309 g/mol. The number of benzene rings is 1. The molecule has 0 spiro atoms. The highest BCUT2D eigenvalue weighted by atomic mass is 16.3. The molecule has 2 aromatic heterocycles. The third-order valence-electron chi connectivity index (χ3n) is 4.43. The van der Waals surface area contributed by atoms with Crippen molar-refractivity contribution in [3.05, 3.63) is 54.0 Å². The first-order chi connectivity index (χ1) is 11.2. The van der Waals surface area contributed by atoms with Crippen molar-refractivity contribution in [2.75, 3.05) is 6.54 Å². The third kappa shape index (κ3) is 2.63. The minimum atomic E-state index is -0.0208. The number of aryl methyl sites for hydroxylation is 1. The predicted octanol–water partition coefficient (Wildman–Crippen LogP) is 3.24. The van der Waals surface area contributed by atoms with Crippen molar-refractivity contribution in [1.29, 1.82) is 0 Å². The summed E-state index contributed by atoms with van der Waals surface area (Å²) in [4.78, 5) is 14.8. The molecular formula is C18H19N3O2. The van der Waals surface area contributed by atoms with Crippen LogP contribution in [0.25, 0.3) is 11.0 Å². The van der Waals surface area contributed by atoms with Gasteiger partial charge in [-0.05, 0) is 37.5 Å². The van der Waals surface area contributed by atoms with Gasteiger partial charge in [0.1, 0.15) is 5.58 Å². The molecule has 3 aromatic rings. The maximum Gasteiger partial charge on any atom is 0.289 e. The molecule has 1 fully saturated rings. The zero-order valence-electron chi connectivity index (χ0n) is 13.1. The standard InChI is InChI=1S/C18H19N3O2/c1-13-10-19-20(11-13)12-15-6-4-8-21(15)18(22)17-9-14-5-2-3-7-16(14)23-17/h2-3,5,7,9-11,15H,4,6,8,12H2,1H3/t15-/m1/s1. The summed E-state index contributed by atoms with van der Waals surface area (Å²) < 4.78 is 7.65. The van der Waals surface area contributed by atoms with Crippen LogP contribution >= 0.6 is 0 Å². The number of furan rings is 1. The number of para-hydroxylation sites is 1. The van der Waals surface area contributed by atoms with E-state index < -0.39 is 0 Å². The highest BCUT2D eigenvalue weighted by molar-refractivity contribution is 5.96. The molecule has 118 valence electrons. The SMILES string of the molecule is Cc1cnn(C[C@H]2CCCN2C(=O)c2cc3ccccc3o2)c1. The molecule has 5 nitrogen and oxygen atoms in total. The minimum Gasteiger partial charge on any atom is -0.451 e. The molecule has 1 saturated heterocycles. The van der Waals surface area contributed by atoms with Gasteiger partial charge < -0.3 is 9.32 Å². The Labute approximate surface area is 134 Å². The highest BCUT2D eigenvalue weighted by Crippen LogP contribution is 2.25. The van der Waals surface area contributed by atoms with Crippen LogP contribution in [0.2, 0.25) is 0 Å². The molecule has 0 unspecified atom stereocenters. The molecule has 5 heteroatoms. The summed E-state index contributed by atoms with van der Waals surface area (Å²) in [5.41, 5.74) is 1.90. The van der Waals surface area contributed by atoms with E-state index in [-0.39, 0.29) is 11.9 Å². The fourth-order valence-electron chi connectivity index (χ4n) is 3.30. The Hall–Kier alpha value is -2.56. The molecule has 0 saturated carbocycles. The second-order valence-electron chi connectivity index (χ2n) is 6.18. The first-order valence-electron chi connectivity index (χ1n) is 7.99. The van der Waals surface area contributed by atoms with Gasteiger partial charge >= 0.3 is 0 Å². The van der Waals surface area contributed by atoms with Gasteiger partial charge in [-0.3, -0.25) is 9.48 Å². The van der Waals surface area contributed by atoms with E-state index in [1.807, 2.05) is 59.2 Å². The van der Waals surface area contributed by atoms with Gasteiger partial charge in [0.2, 0.25) is 0 Å². The average Bonchev–Trinajstić information content (AvgIpc) is 3.26. The zero-order valence-corrected chi connectivity index (χ0v) is 13.1. The fourth-order valence-corrected chi connectivity index (χ4v) is 3.30. The fraction of sp³-hybridized carbons (Fsp3) is 0.333. The molecule has 1 aromatic carbocycles. The van der Waals surface area contributed by atoms with E-state index in [0.717, 1.165) is 42.5 Å². The molecule has 23 heavy (non-hydrogen) atoms. The number of hydrogen-bond acceptors (Lipinski definition) is 3. The van der Waals surface area contributed by atoms with Gasteiger partial charge in [0, 0.05) is 18.1 Å². The summed E-state index contributed by atoms with van der Waals surface area (Å²) >= 11 is 0. The molecule has 1 amide bonds. The molecule has 0 aliphatic carbocycles. The Bertz CT molecular complexity index is 816. The zero-order chi connectivity index (χ0) is 15.8. The summed E-state index contributed by atoms with van der Waals surface area (Å²) in [6.45, 7) is 3.54. The van der Waals surface area contributed by atoms with Gasteiger partial charge in [-0.15, -0.1) is 0 Å². The van der Waals surface area contributed by atoms with E-state index in [2.05, 4.69) is 5.10 Å². The van der Waals surface area contributed by atoms with Gasteiger partial charge in [0.25, 0.3) is 5.91 Å². The van der Waals surface area contributed by atoms with E-state index in [4.69, 9.17) is 4.42 Å². The summed E-state index contributed by atoms with van der Waals surface area (Å²) in [5, 5.41) is 5.30. The van der Waals surface area contributed by atoms with Crippen LogP contribution in [0, 0.1) is 6.92 Å². The van der Waals surface area contributed by atoms with Crippen LogP contribution in [-0.4, -0.2) is 33.2 Å². The first kappa shape index (κ1) is 14.1. The smallest absolute Gasteiger partial charge is 0.289 e. The number of aromatic nitrogens is 2. The summed E-state index contributed by atoms with van der Waals surface area (Å²) in [6.07, 6.45) is 5.89. The van der Waals surface area contributed by atoms with Gasteiger partial charge in [0.15, 0.2) is 5.76 Å². The molecule has 3 heterocycles. The maximum absolute atomic E-state index is 12.8. The first-order valence-corrected chi connectivity index (χ1v) is 7.99. The molecule has 1 aliphatic rings. The number of fused-ring (bicyclic) bond motifs is 1. The van der Waals surface area contributed by atoms with Crippen molar-refractivity contribution in [1.82, 2.24) is 14.7 Å².